The molecule has 0 aromatic carbocycles. The maximum Gasteiger partial charge on any atom is 0.390 e. The molecular weight excluding hydrogens is 231 g/mol. The number of halogens is 3. The monoisotopic (exact) mass is 253 g/mol. The normalized spacial score (nSPS) is 23.1. The lowest BCUT2D eigenvalue weighted by Crippen LogP contribution is -2.44. The summed E-state index contributed by atoms with van der Waals surface area (Å²) in [7, 11) is 0. The van der Waals surface area contributed by atoms with E-state index < -0.39 is 24.2 Å². The summed E-state index contributed by atoms with van der Waals surface area (Å²) in [6.07, 6.45) is 0.553. The van der Waals surface area contributed by atoms with Crippen LogP contribution in [0.1, 0.15) is 51.9 Å². The topological polar surface area (TPSA) is 32.3 Å². The summed E-state index contributed by atoms with van der Waals surface area (Å²) in [5.41, 5.74) is -0.809. The highest BCUT2D eigenvalue weighted by atomic mass is 19.4. The van der Waals surface area contributed by atoms with Crippen molar-refractivity contribution >= 4 is 0 Å². The van der Waals surface area contributed by atoms with Crippen molar-refractivity contribution in [2.75, 3.05) is 6.54 Å². The van der Waals surface area contributed by atoms with Crippen LogP contribution in [0.25, 0.3) is 0 Å². The summed E-state index contributed by atoms with van der Waals surface area (Å²) in [5.74, 6) is 0. The van der Waals surface area contributed by atoms with Gasteiger partial charge in [0.2, 0.25) is 0 Å². The van der Waals surface area contributed by atoms with Gasteiger partial charge in [-0.05, 0) is 19.8 Å². The number of aliphatic hydroxyl groups is 1. The van der Waals surface area contributed by atoms with E-state index >= 15 is 0 Å². The second kappa shape index (κ2) is 6.05. The van der Waals surface area contributed by atoms with Crippen LogP contribution < -0.4 is 5.32 Å². The van der Waals surface area contributed by atoms with Gasteiger partial charge in [0.15, 0.2) is 0 Å². The van der Waals surface area contributed by atoms with Gasteiger partial charge in [-0.25, -0.2) is 0 Å². The first-order chi connectivity index (χ1) is 7.81. The Morgan fingerprint density at radius 3 is 2.18 bits per heavy atom. The van der Waals surface area contributed by atoms with Crippen molar-refractivity contribution in [3.63, 3.8) is 0 Å². The standard InChI is InChI=1S/C12H22F3NO/c1-10(8-12(13,14)15)16-9-11(17)6-4-2-3-5-7-11/h10,16-17H,2-9H2,1H3. The number of hydrogen-bond acceptors (Lipinski definition) is 2. The van der Waals surface area contributed by atoms with Gasteiger partial charge in [0.05, 0.1) is 12.0 Å². The van der Waals surface area contributed by atoms with Crippen molar-refractivity contribution in [1.29, 1.82) is 0 Å². The van der Waals surface area contributed by atoms with E-state index in [9.17, 15) is 18.3 Å². The van der Waals surface area contributed by atoms with Crippen molar-refractivity contribution in [3.05, 3.63) is 0 Å². The Hall–Kier alpha value is -0.290. The van der Waals surface area contributed by atoms with Crippen LogP contribution >= 0.6 is 0 Å². The second-order valence-electron chi connectivity index (χ2n) is 5.24. The third-order valence-electron chi connectivity index (χ3n) is 3.35. The number of alkyl halides is 3. The summed E-state index contributed by atoms with van der Waals surface area (Å²) in [5, 5.41) is 13.1. The molecule has 0 aromatic heterocycles. The molecule has 0 spiro atoms. The van der Waals surface area contributed by atoms with E-state index in [1.807, 2.05) is 0 Å². The van der Waals surface area contributed by atoms with E-state index in [1.165, 1.54) is 6.92 Å². The van der Waals surface area contributed by atoms with Crippen LogP contribution in [0.3, 0.4) is 0 Å². The molecule has 1 rings (SSSR count). The highest BCUT2D eigenvalue weighted by Gasteiger charge is 2.32. The van der Waals surface area contributed by atoms with Gasteiger partial charge in [-0.1, -0.05) is 25.7 Å². The number of nitrogens with one attached hydrogen (secondary N) is 1. The van der Waals surface area contributed by atoms with E-state index in [0.29, 0.717) is 12.8 Å². The van der Waals surface area contributed by atoms with E-state index in [4.69, 9.17) is 0 Å². The van der Waals surface area contributed by atoms with E-state index in [1.54, 1.807) is 0 Å². The van der Waals surface area contributed by atoms with Gasteiger partial charge >= 0.3 is 6.18 Å². The SMILES string of the molecule is CC(CC(F)(F)F)NCC1(O)CCCCCC1. The van der Waals surface area contributed by atoms with Crippen molar-refractivity contribution in [1.82, 2.24) is 5.32 Å². The molecule has 0 aliphatic heterocycles. The fourth-order valence-electron chi connectivity index (χ4n) is 2.35. The van der Waals surface area contributed by atoms with Crippen LogP contribution in [0.5, 0.6) is 0 Å². The first-order valence-corrected chi connectivity index (χ1v) is 6.33. The molecule has 2 nitrogen and oxygen atoms in total. The molecule has 17 heavy (non-hydrogen) atoms. The third kappa shape index (κ3) is 6.27. The zero-order chi connectivity index (χ0) is 12.9. The fourth-order valence-corrected chi connectivity index (χ4v) is 2.35. The van der Waals surface area contributed by atoms with Gasteiger partial charge in [0.25, 0.3) is 0 Å². The third-order valence-corrected chi connectivity index (χ3v) is 3.35. The van der Waals surface area contributed by atoms with E-state index in [-0.39, 0.29) is 6.54 Å². The molecule has 0 saturated heterocycles. The average Bonchev–Trinajstić information content (AvgIpc) is 2.38. The van der Waals surface area contributed by atoms with Gasteiger partial charge in [0.1, 0.15) is 0 Å². The molecule has 2 N–H and O–H groups in total. The Bertz CT molecular complexity index is 222. The van der Waals surface area contributed by atoms with Crippen LogP contribution in [0.2, 0.25) is 0 Å². The predicted octanol–water partition coefficient (Wildman–Crippen LogP) is 3.00. The van der Waals surface area contributed by atoms with Gasteiger partial charge < -0.3 is 10.4 Å². The molecule has 0 bridgehead atoms. The van der Waals surface area contributed by atoms with Crippen LogP contribution in [0, 0.1) is 0 Å². The molecule has 0 radical (unpaired) electrons. The minimum Gasteiger partial charge on any atom is -0.389 e. The molecular formula is C12H22F3NO. The second-order valence-corrected chi connectivity index (χ2v) is 5.24. The van der Waals surface area contributed by atoms with E-state index in [2.05, 4.69) is 5.32 Å². The minimum absolute atomic E-state index is 0.268. The molecule has 1 saturated carbocycles. The molecule has 1 unspecified atom stereocenters. The molecule has 1 aliphatic carbocycles. The molecule has 1 fully saturated rings. The highest BCUT2D eigenvalue weighted by molar-refractivity contribution is 4.84. The fraction of sp³-hybridized carbons (Fsp3) is 1.00. The summed E-state index contributed by atoms with van der Waals surface area (Å²) < 4.78 is 36.4. The van der Waals surface area contributed by atoms with Crippen LogP contribution in [0.15, 0.2) is 0 Å². The van der Waals surface area contributed by atoms with Gasteiger partial charge in [-0.3, -0.25) is 0 Å². The summed E-state index contributed by atoms with van der Waals surface area (Å²) in [6, 6.07) is -0.637. The maximum atomic E-state index is 12.1. The van der Waals surface area contributed by atoms with Crippen molar-refractivity contribution in [2.24, 2.45) is 0 Å². The molecule has 0 heterocycles. The van der Waals surface area contributed by atoms with Crippen molar-refractivity contribution in [2.45, 2.75) is 69.7 Å². The Morgan fingerprint density at radius 1 is 1.18 bits per heavy atom. The maximum absolute atomic E-state index is 12.1. The average molecular weight is 253 g/mol. The van der Waals surface area contributed by atoms with Crippen LogP contribution in [0.4, 0.5) is 13.2 Å². The lowest BCUT2D eigenvalue weighted by molar-refractivity contribution is -0.139. The van der Waals surface area contributed by atoms with E-state index in [0.717, 1.165) is 25.7 Å². The van der Waals surface area contributed by atoms with Crippen LogP contribution in [-0.2, 0) is 0 Å². The molecule has 1 aliphatic rings. The van der Waals surface area contributed by atoms with Gasteiger partial charge in [0, 0.05) is 12.6 Å². The van der Waals surface area contributed by atoms with Crippen LogP contribution in [-0.4, -0.2) is 29.5 Å². The number of hydrogen-bond donors (Lipinski definition) is 2. The summed E-state index contributed by atoms with van der Waals surface area (Å²) >= 11 is 0. The smallest absolute Gasteiger partial charge is 0.389 e. The van der Waals surface area contributed by atoms with Gasteiger partial charge in [-0.15, -0.1) is 0 Å². The zero-order valence-corrected chi connectivity index (χ0v) is 10.3. The Morgan fingerprint density at radius 2 is 1.71 bits per heavy atom. The summed E-state index contributed by atoms with van der Waals surface area (Å²) in [4.78, 5) is 0. The quantitative estimate of drug-likeness (QED) is 0.755. The molecule has 0 aromatic rings. The number of rotatable bonds is 4. The lowest BCUT2D eigenvalue weighted by atomic mass is 9.94. The molecule has 102 valence electrons. The largest absolute Gasteiger partial charge is 0.390 e. The molecule has 1 atom stereocenters. The lowest BCUT2D eigenvalue weighted by Gasteiger charge is -2.29. The first kappa shape index (κ1) is 14.8. The molecule has 0 amide bonds. The predicted molar refractivity (Wildman–Crippen MR) is 60.8 cm³/mol. The Labute approximate surface area is 101 Å². The summed E-state index contributed by atoms with van der Waals surface area (Å²) in [6.45, 7) is 1.78. The first-order valence-electron chi connectivity index (χ1n) is 6.33. The Kier molecular flexibility index (Phi) is 5.25. The van der Waals surface area contributed by atoms with Gasteiger partial charge in [-0.2, -0.15) is 13.2 Å². The highest BCUT2D eigenvalue weighted by Crippen LogP contribution is 2.27. The Balaban J connectivity index is 2.32. The minimum atomic E-state index is -4.14. The molecule has 5 heteroatoms. The van der Waals surface area contributed by atoms with Crippen molar-refractivity contribution < 1.29 is 18.3 Å². The van der Waals surface area contributed by atoms with Crippen molar-refractivity contribution in [3.8, 4) is 0 Å². The zero-order valence-electron chi connectivity index (χ0n) is 10.3.